The van der Waals surface area contributed by atoms with Crippen LogP contribution in [-0.4, -0.2) is 0 Å². The van der Waals surface area contributed by atoms with E-state index in [0.717, 1.165) is 16.0 Å². The Bertz CT molecular complexity index is 1010. The van der Waals surface area contributed by atoms with Crippen molar-refractivity contribution < 1.29 is 0 Å². The summed E-state index contributed by atoms with van der Waals surface area (Å²) in [4.78, 5) is 0. The Morgan fingerprint density at radius 1 is 0.704 bits per heavy atom. The molecule has 0 saturated heterocycles. The zero-order valence-electron chi connectivity index (χ0n) is 15.0. The van der Waals surface area contributed by atoms with E-state index in [4.69, 9.17) is 0 Å². The first-order chi connectivity index (χ1) is 13.2. The summed E-state index contributed by atoms with van der Waals surface area (Å²) >= 11 is 11.3. The Balaban J connectivity index is 1.99. The van der Waals surface area contributed by atoms with Crippen LogP contribution in [0, 0.1) is 0 Å². The second-order valence-corrected chi connectivity index (χ2v) is 9.28. The van der Waals surface area contributed by atoms with Crippen molar-refractivity contribution in [2.75, 3.05) is 0 Å². The van der Waals surface area contributed by atoms with Gasteiger partial charge in [0.15, 0.2) is 0 Å². The molecule has 0 fully saturated rings. The summed E-state index contributed by atoms with van der Waals surface area (Å²) < 4.78 is 0. The average molecular weight is 547 g/mol. The minimum absolute atomic E-state index is 0.123. The van der Waals surface area contributed by atoms with Gasteiger partial charge in [0.1, 0.15) is 0 Å². The van der Waals surface area contributed by atoms with Gasteiger partial charge in [-0.05, 0) is 57.0 Å². The van der Waals surface area contributed by atoms with Gasteiger partial charge >= 0.3 is 0 Å². The van der Waals surface area contributed by atoms with Crippen molar-refractivity contribution in [2.24, 2.45) is 0 Å². The monoisotopic (exact) mass is 544 g/mol. The van der Waals surface area contributed by atoms with Crippen molar-refractivity contribution in [3.63, 3.8) is 0 Å². The third-order valence-electron chi connectivity index (χ3n) is 6.44. The summed E-state index contributed by atoms with van der Waals surface area (Å²) in [5.41, 5.74) is 13.1. The van der Waals surface area contributed by atoms with Crippen LogP contribution >= 0.6 is 47.8 Å². The zero-order valence-corrected chi connectivity index (χ0v) is 19.8. The standard InChI is InChI=1S/C24H19Br3/c1-24-19-10-4-5-14(11-25)20(19)21(17-8-2-6-15(12-26)22(17)24)18-9-3-7-16(13-27)23(18)24/h2-10,21H,11-13H2,1H3. The van der Waals surface area contributed by atoms with Crippen molar-refractivity contribution in [3.05, 3.63) is 105 Å². The summed E-state index contributed by atoms with van der Waals surface area (Å²) in [7, 11) is 0. The largest absolute Gasteiger partial charge is 0.0876 e. The predicted octanol–water partition coefficient (Wildman–Crippen LogP) is 7.53. The normalized spacial score (nSPS) is 21.6. The van der Waals surface area contributed by atoms with Gasteiger partial charge in [-0.2, -0.15) is 0 Å². The molecule has 3 aliphatic carbocycles. The molecule has 27 heavy (non-hydrogen) atoms. The van der Waals surface area contributed by atoms with E-state index < -0.39 is 0 Å². The SMILES string of the molecule is CC12c3cccc(CBr)c3C(c3cccc(CBr)c31)c1cccc(CBr)c12. The highest BCUT2D eigenvalue weighted by atomic mass is 79.9. The molecule has 0 saturated carbocycles. The summed E-state index contributed by atoms with van der Waals surface area (Å²) in [6.45, 7) is 2.44. The summed E-state index contributed by atoms with van der Waals surface area (Å²) in [6, 6.07) is 20.6. The molecule has 0 spiro atoms. The van der Waals surface area contributed by atoms with E-state index in [1.165, 1.54) is 50.1 Å². The molecule has 0 N–H and O–H groups in total. The van der Waals surface area contributed by atoms with Crippen molar-refractivity contribution >= 4 is 47.8 Å². The summed E-state index contributed by atoms with van der Waals surface area (Å²) in [5, 5.41) is 2.67. The molecule has 3 aromatic carbocycles. The number of hydrogen-bond acceptors (Lipinski definition) is 0. The Hall–Kier alpha value is -0.900. The Labute approximate surface area is 185 Å². The van der Waals surface area contributed by atoms with Crippen LogP contribution in [-0.2, 0) is 21.4 Å². The molecule has 6 rings (SSSR count). The van der Waals surface area contributed by atoms with Crippen LogP contribution in [0.5, 0.6) is 0 Å². The molecule has 136 valence electrons. The number of hydrogen-bond donors (Lipinski definition) is 0. The lowest BCUT2D eigenvalue weighted by molar-refractivity contribution is 0.582. The quantitative estimate of drug-likeness (QED) is 0.298. The van der Waals surface area contributed by atoms with Gasteiger partial charge in [-0.25, -0.2) is 0 Å². The third kappa shape index (κ3) is 2.25. The van der Waals surface area contributed by atoms with E-state index in [2.05, 4.69) is 109 Å². The Morgan fingerprint density at radius 2 is 1.19 bits per heavy atom. The van der Waals surface area contributed by atoms with Gasteiger partial charge < -0.3 is 0 Å². The van der Waals surface area contributed by atoms with E-state index >= 15 is 0 Å². The Morgan fingerprint density at radius 3 is 1.70 bits per heavy atom. The molecule has 0 amide bonds. The first kappa shape index (κ1) is 18.1. The first-order valence-corrected chi connectivity index (χ1v) is 12.6. The lowest BCUT2D eigenvalue weighted by atomic mass is 9.52. The highest BCUT2D eigenvalue weighted by molar-refractivity contribution is 9.09. The first-order valence-electron chi connectivity index (χ1n) is 9.21. The van der Waals surface area contributed by atoms with Crippen LogP contribution in [0.3, 0.4) is 0 Å². The van der Waals surface area contributed by atoms with E-state index in [1.807, 2.05) is 0 Å². The lowest BCUT2D eigenvalue weighted by Crippen LogP contribution is -2.42. The van der Waals surface area contributed by atoms with Gasteiger partial charge in [0.25, 0.3) is 0 Å². The molecule has 0 atom stereocenters. The van der Waals surface area contributed by atoms with Gasteiger partial charge in [-0.1, -0.05) is 102 Å². The third-order valence-corrected chi connectivity index (χ3v) is 8.26. The smallest absolute Gasteiger partial charge is 0.0438 e. The van der Waals surface area contributed by atoms with E-state index in [-0.39, 0.29) is 5.41 Å². The molecular weight excluding hydrogens is 528 g/mol. The minimum atomic E-state index is -0.123. The number of alkyl halides is 3. The molecule has 0 unspecified atom stereocenters. The minimum Gasteiger partial charge on any atom is -0.0876 e. The van der Waals surface area contributed by atoms with Gasteiger partial charge in [-0.15, -0.1) is 0 Å². The van der Waals surface area contributed by atoms with Crippen LogP contribution in [0.1, 0.15) is 62.9 Å². The van der Waals surface area contributed by atoms with E-state index in [1.54, 1.807) is 0 Å². The van der Waals surface area contributed by atoms with Crippen molar-refractivity contribution in [2.45, 2.75) is 34.2 Å². The highest BCUT2D eigenvalue weighted by Gasteiger charge is 2.51. The highest BCUT2D eigenvalue weighted by Crippen LogP contribution is 2.61. The topological polar surface area (TPSA) is 0 Å². The van der Waals surface area contributed by atoms with Crippen molar-refractivity contribution in [3.8, 4) is 0 Å². The van der Waals surface area contributed by atoms with Gasteiger partial charge in [0, 0.05) is 27.3 Å². The second kappa shape index (κ2) is 6.57. The molecule has 0 nitrogen and oxygen atoms in total. The number of halogens is 3. The lowest BCUT2D eigenvalue weighted by Gasteiger charge is -2.51. The molecule has 0 heterocycles. The number of rotatable bonds is 3. The second-order valence-electron chi connectivity index (χ2n) is 7.60. The van der Waals surface area contributed by atoms with Gasteiger partial charge in [0.2, 0.25) is 0 Å². The molecule has 2 bridgehead atoms. The van der Waals surface area contributed by atoms with Crippen LogP contribution in [0.25, 0.3) is 0 Å². The van der Waals surface area contributed by atoms with E-state index in [9.17, 15) is 0 Å². The number of benzene rings is 3. The van der Waals surface area contributed by atoms with Gasteiger partial charge in [0.05, 0.1) is 0 Å². The summed E-state index contributed by atoms with van der Waals surface area (Å²) in [5.74, 6) is 0.318. The van der Waals surface area contributed by atoms with Crippen LogP contribution in [0.4, 0.5) is 0 Å². The average Bonchev–Trinajstić information content (AvgIpc) is 2.72. The maximum atomic E-state index is 3.76. The molecular formula is C24H19Br3. The van der Waals surface area contributed by atoms with Crippen LogP contribution in [0.15, 0.2) is 54.6 Å². The zero-order chi connectivity index (χ0) is 18.8. The maximum Gasteiger partial charge on any atom is 0.0438 e. The fraction of sp³-hybridized carbons (Fsp3) is 0.250. The fourth-order valence-corrected chi connectivity index (χ4v) is 6.97. The molecule has 3 heteroatoms. The molecule has 0 aromatic heterocycles. The molecule has 0 radical (unpaired) electrons. The molecule has 0 aliphatic heterocycles. The molecule has 3 aliphatic rings. The van der Waals surface area contributed by atoms with E-state index in [0.29, 0.717) is 5.92 Å². The fourth-order valence-electron chi connectivity index (χ4n) is 5.54. The van der Waals surface area contributed by atoms with Crippen LogP contribution in [0.2, 0.25) is 0 Å². The molecule has 3 aromatic rings. The summed E-state index contributed by atoms with van der Waals surface area (Å²) in [6.07, 6.45) is 0. The Kier molecular flexibility index (Phi) is 4.42. The maximum absolute atomic E-state index is 3.76. The van der Waals surface area contributed by atoms with Gasteiger partial charge in [-0.3, -0.25) is 0 Å². The van der Waals surface area contributed by atoms with Crippen molar-refractivity contribution in [1.82, 2.24) is 0 Å². The van der Waals surface area contributed by atoms with Crippen LogP contribution < -0.4 is 0 Å². The van der Waals surface area contributed by atoms with Crippen molar-refractivity contribution in [1.29, 1.82) is 0 Å². The predicted molar refractivity (Wildman–Crippen MR) is 124 cm³/mol.